The molecule has 33 heavy (non-hydrogen) atoms. The SMILES string of the molecule is O=C(NCCCN1CCOCC1)c1ccn(-c2ccc3ccccn23)n1.O=C(O)C(F)(F)F. The predicted octanol–water partition coefficient (Wildman–Crippen LogP) is 2.21. The number of hydrogen-bond acceptors (Lipinski definition) is 5. The molecule has 1 fully saturated rings. The van der Waals surface area contributed by atoms with E-state index in [0.717, 1.165) is 50.6 Å². The lowest BCUT2D eigenvalue weighted by atomic mass is 10.3. The van der Waals surface area contributed by atoms with Crippen LogP contribution in [0.4, 0.5) is 13.2 Å². The van der Waals surface area contributed by atoms with Crippen LogP contribution in [0.1, 0.15) is 16.9 Å². The fraction of sp³-hybridized carbons (Fsp3) is 0.381. The van der Waals surface area contributed by atoms with Crippen LogP contribution in [-0.4, -0.2) is 81.6 Å². The van der Waals surface area contributed by atoms with Crippen LogP contribution >= 0.6 is 0 Å². The topological polar surface area (TPSA) is 101 Å². The normalized spacial score (nSPS) is 14.5. The number of halogens is 3. The van der Waals surface area contributed by atoms with Crippen molar-refractivity contribution in [3.63, 3.8) is 0 Å². The second-order valence-corrected chi connectivity index (χ2v) is 7.20. The molecule has 1 saturated heterocycles. The van der Waals surface area contributed by atoms with Gasteiger partial charge in [-0.2, -0.15) is 18.3 Å². The van der Waals surface area contributed by atoms with Gasteiger partial charge in [0.15, 0.2) is 5.69 Å². The highest BCUT2D eigenvalue weighted by atomic mass is 19.4. The summed E-state index contributed by atoms with van der Waals surface area (Å²) in [6.45, 7) is 5.19. The number of carboxylic acid groups (broad SMARTS) is 1. The summed E-state index contributed by atoms with van der Waals surface area (Å²) in [5, 5.41) is 14.5. The van der Waals surface area contributed by atoms with Crippen molar-refractivity contribution >= 4 is 17.4 Å². The Morgan fingerprint density at radius 2 is 1.82 bits per heavy atom. The summed E-state index contributed by atoms with van der Waals surface area (Å²) in [5.41, 5.74) is 1.52. The Balaban J connectivity index is 0.000000383. The van der Waals surface area contributed by atoms with Crippen LogP contribution < -0.4 is 5.32 Å². The number of nitrogens with one attached hydrogen (secondary N) is 1. The maximum atomic E-state index is 12.3. The number of carboxylic acids is 1. The van der Waals surface area contributed by atoms with Crippen LogP contribution in [0.25, 0.3) is 11.3 Å². The molecule has 4 rings (SSSR count). The Labute approximate surface area is 187 Å². The molecule has 0 bridgehead atoms. The monoisotopic (exact) mass is 467 g/mol. The summed E-state index contributed by atoms with van der Waals surface area (Å²) in [4.78, 5) is 23.6. The summed E-state index contributed by atoms with van der Waals surface area (Å²) in [5.74, 6) is -1.98. The number of aliphatic carboxylic acids is 1. The number of rotatable bonds is 6. The molecule has 0 atom stereocenters. The molecule has 3 aromatic rings. The van der Waals surface area contributed by atoms with E-state index in [4.69, 9.17) is 14.6 Å². The summed E-state index contributed by atoms with van der Waals surface area (Å²) >= 11 is 0. The van der Waals surface area contributed by atoms with E-state index in [1.165, 1.54) is 0 Å². The standard InChI is InChI=1S/C19H23N5O2.C2HF3O2/c25-19(20-8-3-9-22-12-14-26-15-13-22)17-7-11-24(21-17)18-6-5-16-4-1-2-10-23(16)18;3-2(4,5)1(6)7/h1-2,4-7,10-11H,3,8-9,12-15H2,(H,20,25);(H,6,7). The molecule has 1 aliphatic rings. The molecule has 0 radical (unpaired) electrons. The number of amides is 1. The average Bonchev–Trinajstić information content (AvgIpc) is 3.44. The van der Waals surface area contributed by atoms with Crippen molar-refractivity contribution in [2.75, 3.05) is 39.4 Å². The zero-order valence-corrected chi connectivity index (χ0v) is 17.7. The molecular weight excluding hydrogens is 443 g/mol. The molecule has 0 unspecified atom stereocenters. The summed E-state index contributed by atoms with van der Waals surface area (Å²) in [7, 11) is 0. The molecule has 12 heteroatoms. The number of nitrogens with zero attached hydrogens (tertiary/aromatic N) is 4. The van der Waals surface area contributed by atoms with Crippen LogP contribution in [0.5, 0.6) is 0 Å². The van der Waals surface area contributed by atoms with Crippen molar-refractivity contribution in [2.24, 2.45) is 0 Å². The Morgan fingerprint density at radius 1 is 1.09 bits per heavy atom. The third-order valence-electron chi connectivity index (χ3n) is 4.88. The molecule has 0 aliphatic carbocycles. The second kappa shape index (κ2) is 11.0. The van der Waals surface area contributed by atoms with Crippen LogP contribution in [-0.2, 0) is 9.53 Å². The first-order valence-electron chi connectivity index (χ1n) is 10.3. The summed E-state index contributed by atoms with van der Waals surface area (Å²) in [6, 6.07) is 11.8. The third-order valence-corrected chi connectivity index (χ3v) is 4.88. The van der Waals surface area contributed by atoms with Gasteiger partial charge >= 0.3 is 12.1 Å². The van der Waals surface area contributed by atoms with Crippen LogP contribution in [0.3, 0.4) is 0 Å². The van der Waals surface area contributed by atoms with E-state index in [1.54, 1.807) is 10.7 Å². The smallest absolute Gasteiger partial charge is 0.475 e. The van der Waals surface area contributed by atoms with Crippen molar-refractivity contribution in [1.82, 2.24) is 24.4 Å². The van der Waals surface area contributed by atoms with Gasteiger partial charge in [-0.1, -0.05) is 6.07 Å². The van der Waals surface area contributed by atoms with Crippen molar-refractivity contribution in [2.45, 2.75) is 12.6 Å². The predicted molar refractivity (Wildman–Crippen MR) is 112 cm³/mol. The van der Waals surface area contributed by atoms with Gasteiger partial charge in [0.1, 0.15) is 5.82 Å². The van der Waals surface area contributed by atoms with Gasteiger partial charge in [0.25, 0.3) is 5.91 Å². The van der Waals surface area contributed by atoms with E-state index in [0.29, 0.717) is 12.2 Å². The summed E-state index contributed by atoms with van der Waals surface area (Å²) < 4.78 is 40.8. The van der Waals surface area contributed by atoms with E-state index in [9.17, 15) is 18.0 Å². The molecule has 3 aromatic heterocycles. The minimum atomic E-state index is -5.08. The minimum Gasteiger partial charge on any atom is -0.475 e. The molecule has 178 valence electrons. The molecule has 1 amide bonds. The third kappa shape index (κ3) is 6.80. The Hall–Kier alpha value is -3.38. The van der Waals surface area contributed by atoms with Crippen LogP contribution in [0, 0.1) is 0 Å². The maximum absolute atomic E-state index is 12.3. The fourth-order valence-electron chi connectivity index (χ4n) is 3.22. The molecule has 1 aliphatic heterocycles. The number of morpholine rings is 1. The van der Waals surface area contributed by atoms with Gasteiger partial charge < -0.3 is 19.6 Å². The highest BCUT2D eigenvalue weighted by molar-refractivity contribution is 5.92. The summed E-state index contributed by atoms with van der Waals surface area (Å²) in [6.07, 6.45) is -0.356. The lowest BCUT2D eigenvalue weighted by Gasteiger charge is -2.26. The highest BCUT2D eigenvalue weighted by Crippen LogP contribution is 2.14. The van der Waals surface area contributed by atoms with E-state index in [-0.39, 0.29) is 5.91 Å². The van der Waals surface area contributed by atoms with Gasteiger partial charge in [0, 0.05) is 37.5 Å². The molecule has 2 N–H and O–H groups in total. The van der Waals surface area contributed by atoms with Crippen LogP contribution in [0.15, 0.2) is 48.8 Å². The number of aromatic nitrogens is 3. The van der Waals surface area contributed by atoms with E-state index in [1.807, 2.05) is 47.1 Å². The second-order valence-electron chi connectivity index (χ2n) is 7.20. The van der Waals surface area contributed by atoms with E-state index in [2.05, 4.69) is 15.3 Å². The average molecular weight is 467 g/mol. The number of pyridine rings is 1. The first-order chi connectivity index (χ1) is 15.8. The van der Waals surface area contributed by atoms with Crippen molar-refractivity contribution < 1.29 is 32.6 Å². The zero-order chi connectivity index (χ0) is 23.8. The van der Waals surface area contributed by atoms with Gasteiger partial charge in [-0.3, -0.25) is 9.69 Å². The van der Waals surface area contributed by atoms with Gasteiger partial charge in [0.2, 0.25) is 0 Å². The molecule has 4 heterocycles. The highest BCUT2D eigenvalue weighted by Gasteiger charge is 2.38. The molecule has 0 saturated carbocycles. The first-order valence-corrected chi connectivity index (χ1v) is 10.3. The quantitative estimate of drug-likeness (QED) is 0.539. The Kier molecular flexibility index (Phi) is 8.06. The van der Waals surface area contributed by atoms with Crippen LogP contribution in [0.2, 0.25) is 0 Å². The minimum absolute atomic E-state index is 0.133. The first kappa shape index (κ1) is 24.3. The van der Waals surface area contributed by atoms with Crippen molar-refractivity contribution in [3.05, 3.63) is 54.5 Å². The number of carbonyl (C=O) groups excluding carboxylic acids is 1. The lowest BCUT2D eigenvalue weighted by molar-refractivity contribution is -0.192. The van der Waals surface area contributed by atoms with Gasteiger partial charge in [-0.05, 0) is 43.3 Å². The largest absolute Gasteiger partial charge is 0.490 e. The maximum Gasteiger partial charge on any atom is 0.490 e. The number of hydrogen-bond donors (Lipinski definition) is 2. The number of carbonyl (C=O) groups is 2. The zero-order valence-electron chi connectivity index (χ0n) is 17.7. The molecule has 9 nitrogen and oxygen atoms in total. The van der Waals surface area contributed by atoms with Gasteiger partial charge in [-0.25, -0.2) is 9.48 Å². The fourth-order valence-corrected chi connectivity index (χ4v) is 3.22. The lowest BCUT2D eigenvalue weighted by Crippen LogP contribution is -2.38. The number of ether oxygens (including phenoxy) is 1. The molecular formula is C21H24F3N5O4. The Bertz CT molecular complexity index is 1070. The molecule has 0 aromatic carbocycles. The van der Waals surface area contributed by atoms with Gasteiger partial charge in [0.05, 0.1) is 13.2 Å². The van der Waals surface area contributed by atoms with E-state index >= 15 is 0 Å². The Morgan fingerprint density at radius 3 is 2.52 bits per heavy atom. The number of alkyl halides is 3. The van der Waals surface area contributed by atoms with Gasteiger partial charge in [-0.15, -0.1) is 0 Å². The van der Waals surface area contributed by atoms with Crippen molar-refractivity contribution in [1.29, 1.82) is 0 Å². The molecule has 0 spiro atoms. The van der Waals surface area contributed by atoms with Crippen molar-refractivity contribution in [3.8, 4) is 5.82 Å². The number of fused-ring (bicyclic) bond motifs is 1. The van der Waals surface area contributed by atoms with E-state index < -0.39 is 12.1 Å².